The van der Waals surface area contributed by atoms with Crippen LogP contribution in [0.3, 0.4) is 0 Å². The van der Waals surface area contributed by atoms with Crippen LogP contribution in [-0.4, -0.2) is 20.8 Å². The number of hydrogen-bond donors (Lipinski definition) is 1. The van der Waals surface area contributed by atoms with E-state index in [1.165, 1.54) is 31.2 Å². The van der Waals surface area contributed by atoms with Crippen LogP contribution in [0.25, 0.3) is 0 Å². The number of methoxy groups -OCH3 is 2. The smallest absolute Gasteiger partial charge is 0.127 e. The van der Waals surface area contributed by atoms with Gasteiger partial charge in [0.05, 0.1) is 14.2 Å². The maximum atomic E-state index is 5.63. The van der Waals surface area contributed by atoms with Crippen LogP contribution in [0.4, 0.5) is 0 Å². The largest absolute Gasteiger partial charge is 0.497 e. The number of rotatable bonds is 7. The molecule has 0 bridgehead atoms. The lowest BCUT2D eigenvalue weighted by molar-refractivity contribution is 0.218. The van der Waals surface area contributed by atoms with Gasteiger partial charge in [-0.1, -0.05) is 32.8 Å². The quantitative estimate of drug-likeness (QED) is 0.811. The lowest BCUT2D eigenvalue weighted by atomic mass is 9.77. The highest BCUT2D eigenvalue weighted by molar-refractivity contribution is 5.43. The highest BCUT2D eigenvalue weighted by Gasteiger charge is 2.38. The Morgan fingerprint density at radius 3 is 2.48 bits per heavy atom. The minimum absolute atomic E-state index is 0.317. The van der Waals surface area contributed by atoms with Crippen molar-refractivity contribution in [2.24, 2.45) is 5.41 Å². The summed E-state index contributed by atoms with van der Waals surface area (Å²) < 4.78 is 11.0. The van der Waals surface area contributed by atoms with Crippen LogP contribution >= 0.6 is 0 Å². The summed E-state index contributed by atoms with van der Waals surface area (Å²) in [5.41, 5.74) is 1.58. The van der Waals surface area contributed by atoms with Crippen molar-refractivity contribution in [1.29, 1.82) is 0 Å². The number of ether oxygens (including phenoxy) is 2. The Morgan fingerprint density at radius 1 is 1.19 bits per heavy atom. The van der Waals surface area contributed by atoms with Crippen molar-refractivity contribution in [3.05, 3.63) is 23.8 Å². The van der Waals surface area contributed by atoms with Crippen LogP contribution in [0.1, 0.15) is 57.6 Å². The average Bonchev–Trinajstić information content (AvgIpc) is 2.95. The molecular weight excluding hydrogens is 262 g/mol. The highest BCUT2D eigenvalue weighted by atomic mass is 16.5. The SMILES string of the molecule is CCCNC(c1ccc(OC)cc1OC)C1(C)CCCC1. The second kappa shape index (κ2) is 7.17. The lowest BCUT2D eigenvalue weighted by Crippen LogP contribution is -2.35. The van der Waals surface area contributed by atoms with Gasteiger partial charge in [0.1, 0.15) is 11.5 Å². The van der Waals surface area contributed by atoms with E-state index in [1.807, 2.05) is 12.1 Å². The van der Waals surface area contributed by atoms with Gasteiger partial charge in [0.15, 0.2) is 0 Å². The molecule has 1 aromatic rings. The molecule has 1 atom stereocenters. The van der Waals surface area contributed by atoms with Gasteiger partial charge in [-0.15, -0.1) is 0 Å². The van der Waals surface area contributed by atoms with Crippen molar-refractivity contribution in [3.8, 4) is 11.5 Å². The normalized spacial score (nSPS) is 18.5. The third-order valence-corrected chi connectivity index (χ3v) is 4.79. The molecule has 0 amide bonds. The van der Waals surface area contributed by atoms with Gasteiger partial charge in [-0.3, -0.25) is 0 Å². The van der Waals surface area contributed by atoms with Crippen LogP contribution in [-0.2, 0) is 0 Å². The first-order valence-electron chi connectivity index (χ1n) is 8.10. The van der Waals surface area contributed by atoms with Gasteiger partial charge in [0.25, 0.3) is 0 Å². The molecule has 3 heteroatoms. The number of benzene rings is 1. The van der Waals surface area contributed by atoms with Gasteiger partial charge in [-0.05, 0) is 37.3 Å². The predicted octanol–water partition coefficient (Wildman–Crippen LogP) is 4.32. The summed E-state index contributed by atoms with van der Waals surface area (Å²) >= 11 is 0. The monoisotopic (exact) mass is 291 g/mol. The Morgan fingerprint density at radius 2 is 1.90 bits per heavy atom. The van der Waals surface area contributed by atoms with E-state index in [2.05, 4.69) is 25.2 Å². The molecule has 0 saturated heterocycles. The molecule has 1 saturated carbocycles. The molecule has 1 N–H and O–H groups in total. The first-order valence-corrected chi connectivity index (χ1v) is 8.10. The third kappa shape index (κ3) is 3.52. The molecule has 21 heavy (non-hydrogen) atoms. The van der Waals surface area contributed by atoms with Crippen LogP contribution in [0.2, 0.25) is 0 Å². The zero-order valence-corrected chi connectivity index (χ0v) is 13.9. The maximum Gasteiger partial charge on any atom is 0.127 e. The van der Waals surface area contributed by atoms with Crippen molar-refractivity contribution in [1.82, 2.24) is 5.32 Å². The molecule has 0 spiro atoms. The van der Waals surface area contributed by atoms with Crippen LogP contribution < -0.4 is 14.8 Å². The molecule has 1 aliphatic carbocycles. The van der Waals surface area contributed by atoms with Crippen LogP contribution in [0, 0.1) is 5.41 Å². The molecule has 1 aromatic carbocycles. The van der Waals surface area contributed by atoms with Crippen LogP contribution in [0.5, 0.6) is 11.5 Å². The molecule has 0 aromatic heterocycles. The number of nitrogens with one attached hydrogen (secondary N) is 1. The van der Waals surface area contributed by atoms with Gasteiger partial charge in [0.2, 0.25) is 0 Å². The Labute approximate surface area is 129 Å². The van der Waals surface area contributed by atoms with Gasteiger partial charge in [-0.25, -0.2) is 0 Å². The molecule has 1 aliphatic rings. The predicted molar refractivity (Wildman–Crippen MR) is 87.2 cm³/mol. The molecule has 0 heterocycles. The average molecular weight is 291 g/mol. The van der Waals surface area contributed by atoms with E-state index < -0.39 is 0 Å². The summed E-state index contributed by atoms with van der Waals surface area (Å²) in [4.78, 5) is 0. The second-order valence-corrected chi connectivity index (χ2v) is 6.36. The van der Waals surface area contributed by atoms with Gasteiger partial charge < -0.3 is 14.8 Å². The van der Waals surface area contributed by atoms with Crippen molar-refractivity contribution in [3.63, 3.8) is 0 Å². The van der Waals surface area contributed by atoms with Crippen LogP contribution in [0.15, 0.2) is 18.2 Å². The molecule has 1 fully saturated rings. The molecule has 0 radical (unpaired) electrons. The van der Waals surface area contributed by atoms with Crippen molar-refractivity contribution in [2.45, 2.75) is 52.0 Å². The standard InChI is InChI=1S/C18H29NO2/c1-5-12-19-17(18(2)10-6-7-11-18)15-9-8-14(20-3)13-16(15)21-4/h8-9,13,17,19H,5-7,10-12H2,1-4H3. The van der Waals surface area contributed by atoms with Crippen molar-refractivity contribution < 1.29 is 9.47 Å². The summed E-state index contributed by atoms with van der Waals surface area (Å²) in [5.74, 6) is 1.78. The molecule has 1 unspecified atom stereocenters. The highest BCUT2D eigenvalue weighted by Crippen LogP contribution is 2.49. The summed E-state index contributed by atoms with van der Waals surface area (Å²) in [6, 6.07) is 6.54. The summed E-state index contributed by atoms with van der Waals surface area (Å²) in [6.45, 7) is 5.67. The fourth-order valence-electron chi connectivity index (χ4n) is 3.55. The minimum atomic E-state index is 0.317. The van der Waals surface area contributed by atoms with Gasteiger partial charge >= 0.3 is 0 Å². The Balaban J connectivity index is 2.35. The summed E-state index contributed by atoms with van der Waals surface area (Å²) in [6.07, 6.45) is 6.37. The molecule has 0 aliphatic heterocycles. The lowest BCUT2D eigenvalue weighted by Gasteiger charge is -2.36. The van der Waals surface area contributed by atoms with E-state index in [9.17, 15) is 0 Å². The second-order valence-electron chi connectivity index (χ2n) is 6.36. The molecule has 3 nitrogen and oxygen atoms in total. The topological polar surface area (TPSA) is 30.5 Å². The van der Waals surface area contributed by atoms with E-state index >= 15 is 0 Å². The Bertz CT molecular complexity index is 453. The molecule has 118 valence electrons. The van der Waals surface area contributed by atoms with Crippen molar-refractivity contribution in [2.75, 3.05) is 20.8 Å². The zero-order chi connectivity index (χ0) is 15.3. The number of hydrogen-bond acceptors (Lipinski definition) is 3. The minimum Gasteiger partial charge on any atom is -0.497 e. The third-order valence-electron chi connectivity index (χ3n) is 4.79. The Kier molecular flexibility index (Phi) is 5.51. The Hall–Kier alpha value is -1.22. The maximum absolute atomic E-state index is 5.63. The van der Waals surface area contributed by atoms with Crippen molar-refractivity contribution >= 4 is 0 Å². The summed E-state index contributed by atoms with van der Waals surface area (Å²) in [7, 11) is 3.44. The first kappa shape index (κ1) is 16.2. The van der Waals surface area contributed by atoms with E-state index in [4.69, 9.17) is 9.47 Å². The summed E-state index contributed by atoms with van der Waals surface area (Å²) in [5, 5.41) is 3.76. The first-order chi connectivity index (χ1) is 10.1. The van der Waals surface area contributed by atoms with E-state index in [0.29, 0.717) is 11.5 Å². The molecular formula is C18H29NO2. The zero-order valence-electron chi connectivity index (χ0n) is 13.9. The van der Waals surface area contributed by atoms with Gasteiger partial charge in [0, 0.05) is 17.7 Å². The van der Waals surface area contributed by atoms with Gasteiger partial charge in [-0.2, -0.15) is 0 Å². The fourth-order valence-corrected chi connectivity index (χ4v) is 3.55. The fraction of sp³-hybridized carbons (Fsp3) is 0.667. The van der Waals surface area contributed by atoms with E-state index in [-0.39, 0.29) is 0 Å². The van der Waals surface area contributed by atoms with E-state index in [0.717, 1.165) is 24.5 Å². The molecule has 2 rings (SSSR count). The van der Waals surface area contributed by atoms with E-state index in [1.54, 1.807) is 14.2 Å².